The summed E-state index contributed by atoms with van der Waals surface area (Å²) in [4.78, 5) is 23.5. The lowest BCUT2D eigenvalue weighted by molar-refractivity contribution is -0.122. The van der Waals surface area contributed by atoms with E-state index in [4.69, 9.17) is 5.84 Å². The molecule has 0 bridgehead atoms. The fraction of sp³-hybridized carbons (Fsp3) is 0.308. The Hall–Kier alpha value is -2.06. The van der Waals surface area contributed by atoms with E-state index in [9.17, 15) is 9.59 Å². The smallest absolute Gasteiger partial charge is 0.294 e. The number of aromatic nitrogens is 3. The average Bonchev–Trinajstić information content (AvgIpc) is 2.88. The molecule has 112 valence electrons. The lowest BCUT2D eigenvalue weighted by Crippen LogP contribution is -2.35. The Morgan fingerprint density at radius 2 is 2.19 bits per heavy atom. The van der Waals surface area contributed by atoms with E-state index in [-0.39, 0.29) is 11.6 Å². The summed E-state index contributed by atoms with van der Waals surface area (Å²) in [6, 6.07) is 9.37. The monoisotopic (exact) mass is 307 g/mol. The lowest BCUT2D eigenvalue weighted by Gasteiger charge is -2.15. The third kappa shape index (κ3) is 3.53. The SMILES string of the molecule is CCn1c(SCC(C(=O)NN)c2ccccc2)n[nH]c1=O. The van der Waals surface area contributed by atoms with Gasteiger partial charge in [0.05, 0.1) is 5.92 Å². The Balaban J connectivity index is 2.16. The van der Waals surface area contributed by atoms with Gasteiger partial charge in [0.15, 0.2) is 5.16 Å². The number of hydrazine groups is 1. The summed E-state index contributed by atoms with van der Waals surface area (Å²) in [5.41, 5.74) is 2.80. The molecule has 2 rings (SSSR count). The van der Waals surface area contributed by atoms with Crippen LogP contribution in [0.4, 0.5) is 0 Å². The van der Waals surface area contributed by atoms with Crippen molar-refractivity contribution in [1.29, 1.82) is 0 Å². The molecule has 1 unspecified atom stereocenters. The number of benzene rings is 1. The van der Waals surface area contributed by atoms with Gasteiger partial charge >= 0.3 is 5.69 Å². The number of nitrogens with two attached hydrogens (primary N) is 1. The summed E-state index contributed by atoms with van der Waals surface area (Å²) >= 11 is 1.34. The van der Waals surface area contributed by atoms with E-state index in [0.717, 1.165) is 5.56 Å². The predicted octanol–water partition coefficient (Wildman–Crippen LogP) is 0.457. The topological polar surface area (TPSA) is 106 Å². The van der Waals surface area contributed by atoms with E-state index in [1.165, 1.54) is 16.3 Å². The van der Waals surface area contributed by atoms with Crippen molar-refractivity contribution in [2.24, 2.45) is 5.84 Å². The lowest BCUT2D eigenvalue weighted by atomic mass is 10.0. The van der Waals surface area contributed by atoms with Crippen molar-refractivity contribution in [2.75, 3.05) is 5.75 Å². The molecule has 0 saturated carbocycles. The zero-order valence-electron chi connectivity index (χ0n) is 11.6. The number of rotatable bonds is 6. The van der Waals surface area contributed by atoms with Crippen LogP contribution in [0.25, 0.3) is 0 Å². The number of aromatic amines is 1. The van der Waals surface area contributed by atoms with Gasteiger partial charge in [-0.05, 0) is 12.5 Å². The molecule has 0 saturated heterocycles. The predicted molar refractivity (Wildman–Crippen MR) is 80.8 cm³/mol. The van der Waals surface area contributed by atoms with Crippen molar-refractivity contribution in [2.45, 2.75) is 24.5 Å². The highest BCUT2D eigenvalue weighted by molar-refractivity contribution is 7.99. The second-order valence-corrected chi connectivity index (χ2v) is 5.33. The van der Waals surface area contributed by atoms with Gasteiger partial charge in [-0.25, -0.2) is 15.7 Å². The molecule has 4 N–H and O–H groups in total. The minimum Gasteiger partial charge on any atom is -0.294 e. The fourth-order valence-corrected chi connectivity index (χ4v) is 3.10. The van der Waals surface area contributed by atoms with Crippen LogP contribution in [0.15, 0.2) is 40.3 Å². The van der Waals surface area contributed by atoms with Crippen LogP contribution in [-0.4, -0.2) is 26.4 Å². The molecule has 1 heterocycles. The first-order chi connectivity index (χ1) is 10.2. The number of thioether (sulfide) groups is 1. The molecule has 0 spiro atoms. The molecule has 2 aromatic rings. The van der Waals surface area contributed by atoms with Crippen LogP contribution < -0.4 is 17.0 Å². The molecule has 21 heavy (non-hydrogen) atoms. The van der Waals surface area contributed by atoms with Crippen LogP contribution in [0.1, 0.15) is 18.4 Å². The molecular formula is C13H17N5O2S. The van der Waals surface area contributed by atoms with E-state index >= 15 is 0 Å². The van der Waals surface area contributed by atoms with Gasteiger partial charge in [0.2, 0.25) is 5.91 Å². The Kier molecular flexibility index (Phi) is 5.18. The highest BCUT2D eigenvalue weighted by Crippen LogP contribution is 2.24. The first-order valence-electron chi connectivity index (χ1n) is 6.50. The van der Waals surface area contributed by atoms with Gasteiger partial charge in [-0.2, -0.15) is 0 Å². The van der Waals surface area contributed by atoms with Crippen LogP contribution in [-0.2, 0) is 11.3 Å². The van der Waals surface area contributed by atoms with E-state index in [2.05, 4.69) is 15.6 Å². The number of nitrogens with one attached hydrogen (secondary N) is 2. The Labute approximate surface area is 125 Å². The zero-order chi connectivity index (χ0) is 15.2. The number of H-pyrrole nitrogens is 1. The Bertz CT molecular complexity index is 652. The van der Waals surface area contributed by atoms with Crippen LogP contribution in [0, 0.1) is 0 Å². The standard InChI is InChI=1S/C13H17N5O2S/c1-2-18-12(20)16-17-13(18)21-8-10(11(19)15-14)9-6-4-3-5-7-9/h3-7,10H,2,8,14H2,1H3,(H,15,19)(H,16,20). The van der Waals surface area contributed by atoms with Crippen molar-refractivity contribution >= 4 is 17.7 Å². The number of carbonyl (C=O) groups excluding carboxylic acids is 1. The first-order valence-corrected chi connectivity index (χ1v) is 7.49. The summed E-state index contributed by atoms with van der Waals surface area (Å²) in [6.45, 7) is 2.39. The molecule has 1 aromatic heterocycles. The number of hydrogen-bond acceptors (Lipinski definition) is 5. The molecule has 0 fully saturated rings. The summed E-state index contributed by atoms with van der Waals surface area (Å²) in [6.07, 6.45) is 0. The molecule has 1 aromatic carbocycles. The summed E-state index contributed by atoms with van der Waals surface area (Å²) in [5.74, 6) is 5.02. The van der Waals surface area contributed by atoms with Gasteiger partial charge in [0.25, 0.3) is 0 Å². The van der Waals surface area contributed by atoms with Gasteiger partial charge in [-0.15, -0.1) is 5.10 Å². The van der Waals surface area contributed by atoms with E-state index in [1.54, 1.807) is 0 Å². The highest BCUT2D eigenvalue weighted by atomic mass is 32.2. The molecule has 7 nitrogen and oxygen atoms in total. The maximum absolute atomic E-state index is 11.9. The highest BCUT2D eigenvalue weighted by Gasteiger charge is 2.21. The van der Waals surface area contributed by atoms with Crippen molar-refractivity contribution in [1.82, 2.24) is 20.2 Å². The van der Waals surface area contributed by atoms with E-state index < -0.39 is 5.92 Å². The molecule has 8 heteroatoms. The number of nitrogens with zero attached hydrogens (tertiary/aromatic N) is 2. The first kappa shape index (κ1) is 15.3. The van der Waals surface area contributed by atoms with E-state index in [1.807, 2.05) is 37.3 Å². The molecular weight excluding hydrogens is 290 g/mol. The second-order valence-electron chi connectivity index (χ2n) is 4.34. The molecule has 1 amide bonds. The van der Waals surface area contributed by atoms with Gasteiger partial charge < -0.3 is 0 Å². The third-order valence-corrected chi connectivity index (χ3v) is 4.15. The number of hydrogen-bond donors (Lipinski definition) is 3. The zero-order valence-corrected chi connectivity index (χ0v) is 12.4. The van der Waals surface area contributed by atoms with E-state index in [0.29, 0.717) is 17.5 Å². The quantitative estimate of drug-likeness (QED) is 0.311. The molecule has 0 aliphatic heterocycles. The molecule has 0 aliphatic carbocycles. The summed E-state index contributed by atoms with van der Waals surface area (Å²) in [5, 5.41) is 6.93. The van der Waals surface area contributed by atoms with Gasteiger partial charge in [0, 0.05) is 12.3 Å². The normalized spacial score (nSPS) is 12.1. The summed E-state index contributed by atoms with van der Waals surface area (Å²) in [7, 11) is 0. The minimum atomic E-state index is -0.404. The van der Waals surface area contributed by atoms with Crippen molar-refractivity contribution in [3.63, 3.8) is 0 Å². The number of amides is 1. The van der Waals surface area contributed by atoms with Crippen molar-refractivity contribution < 1.29 is 4.79 Å². The Morgan fingerprint density at radius 3 is 2.81 bits per heavy atom. The minimum absolute atomic E-state index is 0.250. The maximum Gasteiger partial charge on any atom is 0.343 e. The summed E-state index contributed by atoms with van der Waals surface area (Å²) < 4.78 is 1.52. The Morgan fingerprint density at radius 1 is 1.48 bits per heavy atom. The molecule has 1 atom stereocenters. The third-order valence-electron chi connectivity index (χ3n) is 3.08. The van der Waals surface area contributed by atoms with Gasteiger partial charge in [-0.1, -0.05) is 42.1 Å². The largest absolute Gasteiger partial charge is 0.343 e. The average molecular weight is 307 g/mol. The van der Waals surface area contributed by atoms with Crippen LogP contribution in [0.2, 0.25) is 0 Å². The van der Waals surface area contributed by atoms with Gasteiger partial charge in [-0.3, -0.25) is 14.8 Å². The van der Waals surface area contributed by atoms with Crippen molar-refractivity contribution in [3.8, 4) is 0 Å². The second kappa shape index (κ2) is 7.09. The molecule has 0 aliphatic rings. The van der Waals surface area contributed by atoms with Gasteiger partial charge in [0.1, 0.15) is 0 Å². The fourth-order valence-electron chi connectivity index (χ4n) is 1.96. The maximum atomic E-state index is 11.9. The van der Waals surface area contributed by atoms with Crippen LogP contribution in [0.5, 0.6) is 0 Å². The number of carbonyl (C=O) groups is 1. The van der Waals surface area contributed by atoms with Crippen LogP contribution >= 0.6 is 11.8 Å². The van der Waals surface area contributed by atoms with Crippen molar-refractivity contribution in [3.05, 3.63) is 46.4 Å². The molecule has 0 radical (unpaired) electrons. The van der Waals surface area contributed by atoms with Crippen LogP contribution in [0.3, 0.4) is 0 Å².